The monoisotopic (exact) mass is 295 g/mol. The van der Waals surface area contributed by atoms with Crippen molar-refractivity contribution in [3.05, 3.63) is 53.6 Å². The van der Waals surface area contributed by atoms with E-state index in [2.05, 4.69) is 5.32 Å². The Labute approximate surface area is 128 Å². The van der Waals surface area contributed by atoms with Gasteiger partial charge in [0.15, 0.2) is 12.1 Å². The van der Waals surface area contributed by atoms with Crippen molar-refractivity contribution < 1.29 is 14.7 Å². The first-order valence-corrected chi connectivity index (χ1v) is 7.33. The Bertz CT molecular complexity index is 718. The number of phenolic OH excluding ortho intramolecular Hbond substituents is 1. The van der Waals surface area contributed by atoms with Crippen molar-refractivity contribution >= 4 is 12.1 Å². The van der Waals surface area contributed by atoms with Crippen molar-refractivity contribution in [2.24, 2.45) is 5.92 Å². The minimum absolute atomic E-state index is 0.00370. The summed E-state index contributed by atoms with van der Waals surface area (Å²) < 4.78 is 0. The van der Waals surface area contributed by atoms with Crippen molar-refractivity contribution in [2.75, 3.05) is 13.1 Å². The maximum Gasteiger partial charge on any atom is 0.167 e. The summed E-state index contributed by atoms with van der Waals surface area (Å²) in [4.78, 5) is 23.5. The number of aromatic hydroxyl groups is 1. The molecule has 0 saturated carbocycles. The summed E-state index contributed by atoms with van der Waals surface area (Å²) in [6.45, 7) is 1.58. The van der Waals surface area contributed by atoms with Crippen molar-refractivity contribution in [1.82, 2.24) is 5.32 Å². The van der Waals surface area contributed by atoms with Gasteiger partial charge in [-0.05, 0) is 36.2 Å². The highest BCUT2D eigenvalue weighted by Crippen LogP contribution is 2.30. The van der Waals surface area contributed by atoms with Crippen LogP contribution in [0.15, 0.2) is 42.5 Å². The van der Waals surface area contributed by atoms with Crippen LogP contribution in [0, 0.1) is 5.92 Å². The summed E-state index contributed by atoms with van der Waals surface area (Å²) in [5.74, 6) is 0.0563. The number of hydrogen-bond acceptors (Lipinski definition) is 4. The van der Waals surface area contributed by atoms with Crippen molar-refractivity contribution in [3.8, 4) is 16.9 Å². The van der Waals surface area contributed by atoms with Crippen molar-refractivity contribution in [1.29, 1.82) is 0 Å². The maximum atomic E-state index is 12.7. The van der Waals surface area contributed by atoms with Crippen LogP contribution in [0.25, 0.3) is 11.1 Å². The fourth-order valence-electron chi connectivity index (χ4n) is 2.86. The van der Waals surface area contributed by atoms with Gasteiger partial charge in [0.1, 0.15) is 5.75 Å². The summed E-state index contributed by atoms with van der Waals surface area (Å²) in [6.07, 6.45) is 1.46. The molecule has 1 atom stereocenters. The minimum Gasteiger partial charge on any atom is -0.507 e. The lowest BCUT2D eigenvalue weighted by atomic mass is 9.90. The zero-order valence-electron chi connectivity index (χ0n) is 12.1. The van der Waals surface area contributed by atoms with E-state index in [0.717, 1.165) is 24.1 Å². The number of carbonyl (C=O) groups is 2. The van der Waals surface area contributed by atoms with Gasteiger partial charge < -0.3 is 10.4 Å². The quantitative estimate of drug-likeness (QED) is 0.672. The van der Waals surface area contributed by atoms with Crippen LogP contribution in [0.3, 0.4) is 0 Å². The number of carbonyl (C=O) groups excluding carboxylic acids is 2. The maximum absolute atomic E-state index is 12.7. The molecule has 1 aliphatic heterocycles. The van der Waals surface area contributed by atoms with Crippen LogP contribution < -0.4 is 5.32 Å². The fourth-order valence-corrected chi connectivity index (χ4v) is 2.86. The number of hydrogen-bond donors (Lipinski definition) is 2. The summed E-state index contributed by atoms with van der Waals surface area (Å²) >= 11 is 0. The lowest BCUT2D eigenvalue weighted by Crippen LogP contribution is -2.18. The third kappa shape index (κ3) is 2.65. The molecular formula is C18H17NO3. The van der Waals surface area contributed by atoms with Crippen LogP contribution >= 0.6 is 0 Å². The van der Waals surface area contributed by atoms with Crippen molar-refractivity contribution in [2.45, 2.75) is 6.42 Å². The van der Waals surface area contributed by atoms with Gasteiger partial charge >= 0.3 is 0 Å². The van der Waals surface area contributed by atoms with Crippen LogP contribution in [0.1, 0.15) is 27.1 Å². The van der Waals surface area contributed by atoms with Gasteiger partial charge in [0.25, 0.3) is 0 Å². The molecule has 4 nitrogen and oxygen atoms in total. The first kappa shape index (κ1) is 14.5. The number of rotatable bonds is 4. The highest BCUT2D eigenvalue weighted by atomic mass is 16.3. The van der Waals surface area contributed by atoms with E-state index in [4.69, 9.17) is 0 Å². The van der Waals surface area contributed by atoms with E-state index in [1.807, 2.05) is 24.3 Å². The molecule has 0 radical (unpaired) electrons. The Morgan fingerprint density at radius 2 is 2.05 bits per heavy atom. The minimum atomic E-state index is -0.0720. The molecule has 1 heterocycles. The molecule has 112 valence electrons. The normalized spacial score (nSPS) is 17.4. The van der Waals surface area contributed by atoms with E-state index >= 15 is 0 Å². The second-order valence-corrected chi connectivity index (χ2v) is 5.49. The highest BCUT2D eigenvalue weighted by molar-refractivity contribution is 6.04. The molecule has 2 aromatic rings. The van der Waals surface area contributed by atoms with Crippen LogP contribution in [-0.2, 0) is 0 Å². The summed E-state index contributed by atoms with van der Waals surface area (Å²) in [6, 6.07) is 12.2. The van der Waals surface area contributed by atoms with Gasteiger partial charge in [0.05, 0.1) is 5.56 Å². The largest absolute Gasteiger partial charge is 0.507 e. The van der Waals surface area contributed by atoms with E-state index in [0.29, 0.717) is 18.4 Å². The molecule has 1 saturated heterocycles. The van der Waals surface area contributed by atoms with E-state index in [1.165, 1.54) is 6.07 Å². The van der Waals surface area contributed by atoms with Gasteiger partial charge in [0, 0.05) is 18.0 Å². The predicted octanol–water partition coefficient (Wildman–Crippen LogP) is 2.66. The summed E-state index contributed by atoms with van der Waals surface area (Å²) in [5.41, 5.74) is 2.42. The SMILES string of the molecule is O=Cc1ccc(-c2ccccc2C(=O)C2CCNC2)cc1O. The Morgan fingerprint density at radius 1 is 1.23 bits per heavy atom. The second-order valence-electron chi connectivity index (χ2n) is 5.49. The molecule has 0 spiro atoms. The molecule has 1 fully saturated rings. The van der Waals surface area contributed by atoms with E-state index in [9.17, 15) is 14.7 Å². The first-order chi connectivity index (χ1) is 10.7. The van der Waals surface area contributed by atoms with E-state index < -0.39 is 0 Å². The molecule has 22 heavy (non-hydrogen) atoms. The van der Waals surface area contributed by atoms with Gasteiger partial charge in [-0.2, -0.15) is 0 Å². The van der Waals surface area contributed by atoms with Crippen LogP contribution in [0.5, 0.6) is 5.75 Å². The van der Waals surface area contributed by atoms with Crippen LogP contribution in [-0.4, -0.2) is 30.3 Å². The smallest absolute Gasteiger partial charge is 0.167 e. The predicted molar refractivity (Wildman–Crippen MR) is 84.2 cm³/mol. The molecule has 1 unspecified atom stereocenters. The Morgan fingerprint density at radius 3 is 2.73 bits per heavy atom. The average Bonchev–Trinajstić information content (AvgIpc) is 3.08. The Hall–Kier alpha value is -2.46. The number of ketones is 1. The molecular weight excluding hydrogens is 278 g/mol. The molecule has 0 amide bonds. The summed E-state index contributed by atoms with van der Waals surface area (Å²) in [5, 5.41) is 13.1. The zero-order chi connectivity index (χ0) is 15.5. The van der Waals surface area contributed by atoms with Gasteiger partial charge in [-0.1, -0.05) is 30.3 Å². The first-order valence-electron chi connectivity index (χ1n) is 7.33. The van der Waals surface area contributed by atoms with E-state index in [1.54, 1.807) is 12.1 Å². The number of aldehydes is 1. The molecule has 2 aromatic carbocycles. The summed E-state index contributed by atoms with van der Waals surface area (Å²) in [7, 11) is 0. The molecule has 1 aliphatic rings. The Kier molecular flexibility index (Phi) is 4.02. The van der Waals surface area contributed by atoms with Gasteiger partial charge in [0.2, 0.25) is 0 Å². The lowest BCUT2D eigenvalue weighted by molar-refractivity contribution is 0.0930. The molecule has 0 aliphatic carbocycles. The molecule has 3 rings (SSSR count). The molecule has 4 heteroatoms. The van der Waals surface area contributed by atoms with E-state index in [-0.39, 0.29) is 23.0 Å². The number of Topliss-reactive ketones (excluding diaryl/α,β-unsaturated/α-hetero) is 1. The topological polar surface area (TPSA) is 66.4 Å². The molecule has 2 N–H and O–H groups in total. The van der Waals surface area contributed by atoms with Crippen LogP contribution in [0.4, 0.5) is 0 Å². The highest BCUT2D eigenvalue weighted by Gasteiger charge is 2.25. The lowest BCUT2D eigenvalue weighted by Gasteiger charge is -2.13. The number of benzene rings is 2. The molecule has 0 bridgehead atoms. The zero-order valence-corrected chi connectivity index (χ0v) is 12.1. The third-order valence-electron chi connectivity index (χ3n) is 4.09. The van der Waals surface area contributed by atoms with Gasteiger partial charge in [-0.25, -0.2) is 0 Å². The fraction of sp³-hybridized carbons (Fsp3) is 0.222. The van der Waals surface area contributed by atoms with Crippen LogP contribution in [0.2, 0.25) is 0 Å². The molecule has 0 aromatic heterocycles. The number of phenols is 1. The average molecular weight is 295 g/mol. The number of nitrogens with one attached hydrogen (secondary N) is 1. The van der Waals surface area contributed by atoms with Crippen molar-refractivity contribution in [3.63, 3.8) is 0 Å². The second kappa shape index (κ2) is 6.12. The van der Waals surface area contributed by atoms with Gasteiger partial charge in [-0.15, -0.1) is 0 Å². The third-order valence-corrected chi connectivity index (χ3v) is 4.09. The van der Waals surface area contributed by atoms with Gasteiger partial charge in [-0.3, -0.25) is 9.59 Å². The Balaban J connectivity index is 2.02. The standard InChI is InChI=1S/C18H17NO3/c20-11-14-6-5-12(9-17(14)21)15-3-1-2-4-16(15)18(22)13-7-8-19-10-13/h1-6,9,11,13,19,21H,7-8,10H2.